The standard InChI is InChI=1S/C25H22ClN3O3S/c26-24-22(19-9-7-18(17-27)8-10-19)5-4-6-23(24)25(30)28-20-11-13-21(14-12-20)33(31,32)29-15-2-1-3-16-29/h4-14H,1-3,15-16H2,(H,28,30). The van der Waals surface area contributed by atoms with Crippen LogP contribution in [0.1, 0.15) is 35.2 Å². The number of anilines is 1. The number of benzene rings is 3. The number of nitrogens with zero attached hydrogens (tertiary/aromatic N) is 2. The van der Waals surface area contributed by atoms with Crippen molar-refractivity contribution in [1.29, 1.82) is 5.26 Å². The highest BCUT2D eigenvalue weighted by molar-refractivity contribution is 7.89. The van der Waals surface area contributed by atoms with Gasteiger partial charge in [-0.1, -0.05) is 42.3 Å². The van der Waals surface area contributed by atoms with Gasteiger partial charge in [-0.3, -0.25) is 4.79 Å². The van der Waals surface area contributed by atoms with Crippen LogP contribution in [0.15, 0.2) is 71.6 Å². The number of rotatable bonds is 5. The van der Waals surface area contributed by atoms with Crippen molar-refractivity contribution in [3.05, 3.63) is 82.9 Å². The van der Waals surface area contributed by atoms with Crippen molar-refractivity contribution >= 4 is 33.2 Å². The summed E-state index contributed by atoms with van der Waals surface area (Å²) in [5, 5.41) is 12.0. The molecular weight excluding hydrogens is 458 g/mol. The molecule has 1 N–H and O–H groups in total. The highest BCUT2D eigenvalue weighted by atomic mass is 35.5. The topological polar surface area (TPSA) is 90.3 Å². The third-order valence-electron chi connectivity index (χ3n) is 5.63. The van der Waals surface area contributed by atoms with Gasteiger partial charge in [0, 0.05) is 24.3 Å². The minimum atomic E-state index is -3.53. The smallest absolute Gasteiger partial charge is 0.257 e. The first-order valence-corrected chi connectivity index (χ1v) is 12.4. The Labute approximate surface area is 198 Å². The van der Waals surface area contributed by atoms with E-state index in [1.54, 1.807) is 54.6 Å². The zero-order valence-electron chi connectivity index (χ0n) is 17.8. The van der Waals surface area contributed by atoms with Crippen LogP contribution in [-0.2, 0) is 10.0 Å². The molecule has 1 aliphatic rings. The quantitative estimate of drug-likeness (QED) is 0.537. The van der Waals surface area contributed by atoms with E-state index < -0.39 is 15.9 Å². The average Bonchev–Trinajstić information content (AvgIpc) is 2.85. The molecule has 8 heteroatoms. The molecule has 3 aromatic carbocycles. The first-order chi connectivity index (χ1) is 15.9. The Balaban J connectivity index is 1.52. The third-order valence-corrected chi connectivity index (χ3v) is 7.95. The second-order valence-corrected chi connectivity index (χ2v) is 10.1. The first kappa shape index (κ1) is 23.0. The first-order valence-electron chi connectivity index (χ1n) is 10.6. The van der Waals surface area contributed by atoms with E-state index in [1.165, 1.54) is 16.4 Å². The normalized spacial score (nSPS) is 14.4. The van der Waals surface area contributed by atoms with Crippen molar-refractivity contribution in [3.8, 4) is 17.2 Å². The van der Waals surface area contributed by atoms with Gasteiger partial charge in [-0.05, 0) is 60.9 Å². The SMILES string of the molecule is N#Cc1ccc(-c2cccc(C(=O)Nc3ccc(S(=O)(=O)N4CCCCC4)cc3)c2Cl)cc1. The van der Waals surface area contributed by atoms with Crippen molar-refractivity contribution in [1.82, 2.24) is 4.31 Å². The van der Waals surface area contributed by atoms with E-state index in [1.807, 2.05) is 0 Å². The van der Waals surface area contributed by atoms with Crippen molar-refractivity contribution in [2.75, 3.05) is 18.4 Å². The molecule has 1 heterocycles. The van der Waals surface area contributed by atoms with E-state index in [4.69, 9.17) is 16.9 Å². The van der Waals surface area contributed by atoms with E-state index in [9.17, 15) is 13.2 Å². The van der Waals surface area contributed by atoms with Gasteiger partial charge in [0.2, 0.25) is 10.0 Å². The Bertz CT molecular complexity index is 1310. The molecule has 0 aromatic heterocycles. The van der Waals surface area contributed by atoms with Gasteiger partial charge >= 0.3 is 0 Å². The maximum Gasteiger partial charge on any atom is 0.257 e. The summed E-state index contributed by atoms with van der Waals surface area (Å²) in [4.78, 5) is 13.1. The summed E-state index contributed by atoms with van der Waals surface area (Å²) in [7, 11) is -3.53. The van der Waals surface area contributed by atoms with Gasteiger partial charge in [-0.2, -0.15) is 9.57 Å². The molecule has 1 fully saturated rings. The van der Waals surface area contributed by atoms with Gasteiger partial charge in [0.1, 0.15) is 0 Å². The summed E-state index contributed by atoms with van der Waals surface area (Å²) in [6.45, 7) is 1.07. The van der Waals surface area contributed by atoms with Crippen LogP contribution in [0.25, 0.3) is 11.1 Å². The van der Waals surface area contributed by atoms with Gasteiger partial charge in [-0.15, -0.1) is 0 Å². The highest BCUT2D eigenvalue weighted by Gasteiger charge is 2.25. The van der Waals surface area contributed by atoms with E-state index in [2.05, 4.69) is 11.4 Å². The van der Waals surface area contributed by atoms with Crippen molar-refractivity contribution in [3.63, 3.8) is 0 Å². The van der Waals surface area contributed by atoms with E-state index in [-0.39, 0.29) is 4.90 Å². The zero-order chi connectivity index (χ0) is 23.4. The molecule has 0 aliphatic carbocycles. The maximum absolute atomic E-state index is 12.9. The summed E-state index contributed by atoms with van der Waals surface area (Å²) in [5.74, 6) is -0.401. The van der Waals surface area contributed by atoms with Crippen LogP contribution >= 0.6 is 11.6 Å². The lowest BCUT2D eigenvalue weighted by Crippen LogP contribution is -2.35. The number of nitriles is 1. The predicted molar refractivity (Wildman–Crippen MR) is 129 cm³/mol. The lowest BCUT2D eigenvalue weighted by atomic mass is 10.0. The van der Waals surface area contributed by atoms with Gasteiger partial charge < -0.3 is 5.32 Å². The number of hydrogen-bond donors (Lipinski definition) is 1. The number of carbonyl (C=O) groups excluding carboxylic acids is 1. The summed E-state index contributed by atoms with van der Waals surface area (Å²) < 4.78 is 27.1. The molecule has 0 atom stereocenters. The van der Waals surface area contributed by atoms with Gasteiger partial charge in [0.25, 0.3) is 5.91 Å². The molecule has 1 aliphatic heterocycles. The lowest BCUT2D eigenvalue weighted by Gasteiger charge is -2.25. The number of hydrogen-bond acceptors (Lipinski definition) is 4. The second-order valence-electron chi connectivity index (χ2n) is 7.80. The molecular formula is C25H22ClN3O3S. The Morgan fingerprint density at radius 3 is 2.24 bits per heavy atom. The molecule has 4 rings (SSSR count). The lowest BCUT2D eigenvalue weighted by molar-refractivity contribution is 0.102. The number of sulfonamides is 1. The molecule has 0 bridgehead atoms. The van der Waals surface area contributed by atoms with Crippen LogP contribution in [-0.4, -0.2) is 31.7 Å². The minimum absolute atomic E-state index is 0.211. The number of carbonyl (C=O) groups is 1. The molecule has 3 aromatic rings. The van der Waals surface area contributed by atoms with Crippen LogP contribution in [0.4, 0.5) is 5.69 Å². The van der Waals surface area contributed by atoms with Gasteiger partial charge in [0.05, 0.1) is 27.1 Å². The number of piperidine rings is 1. The molecule has 1 amide bonds. The molecule has 0 unspecified atom stereocenters. The fourth-order valence-corrected chi connectivity index (χ4v) is 5.66. The van der Waals surface area contributed by atoms with Crippen LogP contribution in [0.5, 0.6) is 0 Å². The Morgan fingerprint density at radius 2 is 1.61 bits per heavy atom. The van der Waals surface area contributed by atoms with Crippen LogP contribution in [0.3, 0.4) is 0 Å². The third kappa shape index (κ3) is 4.93. The van der Waals surface area contributed by atoms with Crippen LogP contribution < -0.4 is 5.32 Å². The zero-order valence-corrected chi connectivity index (χ0v) is 19.4. The van der Waals surface area contributed by atoms with Crippen LogP contribution in [0, 0.1) is 11.3 Å². The minimum Gasteiger partial charge on any atom is -0.322 e. The summed E-state index contributed by atoms with van der Waals surface area (Å²) in [6.07, 6.45) is 2.79. The molecule has 0 radical (unpaired) electrons. The molecule has 6 nitrogen and oxygen atoms in total. The molecule has 0 spiro atoms. The second kappa shape index (κ2) is 9.75. The summed E-state index contributed by atoms with van der Waals surface area (Å²) in [5.41, 5.74) is 2.77. The Hall–Kier alpha value is -3.18. The number of halogens is 1. The Morgan fingerprint density at radius 1 is 0.939 bits per heavy atom. The average molecular weight is 480 g/mol. The summed E-state index contributed by atoms with van der Waals surface area (Å²) >= 11 is 6.54. The molecule has 33 heavy (non-hydrogen) atoms. The Kier molecular flexibility index (Phi) is 6.80. The molecule has 168 valence electrons. The highest BCUT2D eigenvalue weighted by Crippen LogP contribution is 2.31. The molecule has 0 saturated carbocycles. The van der Waals surface area contributed by atoms with E-state index >= 15 is 0 Å². The van der Waals surface area contributed by atoms with E-state index in [0.717, 1.165) is 24.8 Å². The van der Waals surface area contributed by atoms with Gasteiger partial charge in [-0.25, -0.2) is 8.42 Å². The largest absolute Gasteiger partial charge is 0.322 e. The number of amides is 1. The van der Waals surface area contributed by atoms with Crippen molar-refractivity contribution < 1.29 is 13.2 Å². The van der Waals surface area contributed by atoms with E-state index in [0.29, 0.717) is 40.5 Å². The maximum atomic E-state index is 12.9. The van der Waals surface area contributed by atoms with Crippen LogP contribution in [0.2, 0.25) is 5.02 Å². The number of nitrogens with one attached hydrogen (secondary N) is 1. The fraction of sp³-hybridized carbons (Fsp3) is 0.200. The fourth-order valence-electron chi connectivity index (χ4n) is 3.82. The van der Waals surface area contributed by atoms with Crippen molar-refractivity contribution in [2.45, 2.75) is 24.2 Å². The monoisotopic (exact) mass is 479 g/mol. The summed E-state index contributed by atoms with van der Waals surface area (Å²) in [6, 6.07) is 20.4. The molecule has 1 saturated heterocycles. The van der Waals surface area contributed by atoms with Gasteiger partial charge in [0.15, 0.2) is 0 Å². The predicted octanol–water partition coefficient (Wildman–Crippen LogP) is 5.31. The van der Waals surface area contributed by atoms with Crippen molar-refractivity contribution in [2.24, 2.45) is 0 Å².